The molecule has 3 heterocycles. The Morgan fingerprint density at radius 3 is 2.44 bits per heavy atom. The zero-order chi connectivity index (χ0) is 23.9. The zero-order valence-electron chi connectivity index (χ0n) is 19.8. The number of piperazine rings is 1. The lowest BCUT2D eigenvalue weighted by molar-refractivity contribution is -0.138. The summed E-state index contributed by atoms with van der Waals surface area (Å²) < 4.78 is 34.6. The van der Waals surface area contributed by atoms with Crippen molar-refractivity contribution in [1.29, 1.82) is 0 Å². The van der Waals surface area contributed by atoms with Gasteiger partial charge in [0.25, 0.3) is 0 Å². The normalized spacial score (nSPS) is 24.0. The first-order valence-electron chi connectivity index (χ1n) is 12.5. The molecule has 2 aromatic rings. The van der Waals surface area contributed by atoms with Gasteiger partial charge in [0.05, 0.1) is 16.3 Å². The highest BCUT2D eigenvalue weighted by atomic mass is 32.2. The second-order valence-electron chi connectivity index (χ2n) is 9.91. The third-order valence-corrected chi connectivity index (χ3v) is 9.71. The third-order valence-electron chi connectivity index (χ3n) is 7.85. The number of carbonyl (C=O) groups is 1. The van der Waals surface area contributed by atoms with Crippen LogP contribution in [0.5, 0.6) is 0 Å². The van der Waals surface area contributed by atoms with Crippen molar-refractivity contribution in [3.63, 3.8) is 0 Å². The van der Waals surface area contributed by atoms with Crippen molar-refractivity contribution >= 4 is 27.0 Å². The predicted octanol–water partition coefficient (Wildman–Crippen LogP) is 2.01. The molecule has 0 bridgehead atoms. The highest BCUT2D eigenvalue weighted by molar-refractivity contribution is 7.89. The van der Waals surface area contributed by atoms with Gasteiger partial charge in [-0.25, -0.2) is 13.2 Å². The second kappa shape index (κ2) is 9.47. The van der Waals surface area contributed by atoms with E-state index in [1.807, 2.05) is 4.90 Å². The number of amides is 1. The molecule has 1 aromatic carbocycles. The third kappa shape index (κ3) is 4.43. The number of hydrogen-bond acceptors (Lipinski definition) is 6. The molecule has 1 saturated carbocycles. The van der Waals surface area contributed by atoms with Crippen LogP contribution in [-0.4, -0.2) is 78.3 Å². The Morgan fingerprint density at radius 2 is 1.71 bits per heavy atom. The number of piperidine rings is 1. The minimum Gasteiger partial charge on any atom is -0.408 e. The van der Waals surface area contributed by atoms with E-state index in [2.05, 4.69) is 4.90 Å². The first-order chi connectivity index (χ1) is 16.3. The first-order valence-corrected chi connectivity index (χ1v) is 13.9. The summed E-state index contributed by atoms with van der Waals surface area (Å²) in [6.45, 7) is 3.85. The van der Waals surface area contributed by atoms with Crippen LogP contribution in [0.25, 0.3) is 11.1 Å². The lowest BCUT2D eigenvalue weighted by atomic mass is 9.93. The summed E-state index contributed by atoms with van der Waals surface area (Å²) in [5, 5.41) is 0. The van der Waals surface area contributed by atoms with Crippen LogP contribution < -0.4 is 5.76 Å². The number of nitrogens with zero attached hydrogens (tertiary/aromatic N) is 4. The van der Waals surface area contributed by atoms with Crippen molar-refractivity contribution in [3.8, 4) is 0 Å². The lowest BCUT2D eigenvalue weighted by Crippen LogP contribution is -2.55. The molecule has 3 aliphatic rings. The molecule has 0 radical (unpaired) electrons. The highest BCUT2D eigenvalue weighted by Crippen LogP contribution is 2.28. The molecule has 5 rings (SSSR count). The topological polar surface area (TPSA) is 96.1 Å². The molecule has 2 saturated heterocycles. The van der Waals surface area contributed by atoms with Gasteiger partial charge in [0.1, 0.15) is 0 Å². The molecule has 1 aromatic heterocycles. The maximum atomic E-state index is 13.4. The van der Waals surface area contributed by atoms with Gasteiger partial charge in [0.15, 0.2) is 5.58 Å². The van der Waals surface area contributed by atoms with Gasteiger partial charge in [-0.1, -0.05) is 19.3 Å². The summed E-state index contributed by atoms with van der Waals surface area (Å²) in [5.41, 5.74) is 0.789. The van der Waals surface area contributed by atoms with Crippen molar-refractivity contribution in [3.05, 3.63) is 28.7 Å². The van der Waals surface area contributed by atoms with Gasteiger partial charge < -0.3 is 9.32 Å². The molecule has 1 aliphatic carbocycles. The van der Waals surface area contributed by atoms with Crippen molar-refractivity contribution < 1.29 is 17.6 Å². The lowest BCUT2D eigenvalue weighted by Gasteiger charge is -2.42. The number of hydrogen-bond donors (Lipinski definition) is 0. The Hall–Kier alpha value is -2.17. The van der Waals surface area contributed by atoms with E-state index in [1.54, 1.807) is 13.1 Å². The van der Waals surface area contributed by atoms with E-state index in [4.69, 9.17) is 4.42 Å². The van der Waals surface area contributed by atoms with Gasteiger partial charge in [0, 0.05) is 58.4 Å². The minimum absolute atomic E-state index is 0.0766. The van der Waals surface area contributed by atoms with E-state index in [0.29, 0.717) is 30.9 Å². The average molecular weight is 491 g/mol. The van der Waals surface area contributed by atoms with Crippen LogP contribution in [0.4, 0.5) is 0 Å². The first kappa shape index (κ1) is 23.6. The molecule has 10 heteroatoms. The van der Waals surface area contributed by atoms with Crippen LogP contribution in [0.15, 0.2) is 32.3 Å². The molecular weight excluding hydrogens is 456 g/mol. The van der Waals surface area contributed by atoms with Crippen LogP contribution in [-0.2, 0) is 21.9 Å². The molecule has 34 heavy (non-hydrogen) atoms. The number of carbonyl (C=O) groups excluding carboxylic acids is 1. The van der Waals surface area contributed by atoms with Crippen molar-refractivity contribution in [2.24, 2.45) is 13.0 Å². The maximum Gasteiger partial charge on any atom is 0.419 e. The molecule has 0 N–H and O–H groups in total. The van der Waals surface area contributed by atoms with Crippen molar-refractivity contribution in [2.75, 3.05) is 39.3 Å². The Labute approximate surface area is 200 Å². The van der Waals surface area contributed by atoms with E-state index in [9.17, 15) is 18.0 Å². The van der Waals surface area contributed by atoms with E-state index in [-0.39, 0.29) is 28.8 Å². The summed E-state index contributed by atoms with van der Waals surface area (Å²) in [4.78, 5) is 29.6. The zero-order valence-corrected chi connectivity index (χ0v) is 20.6. The van der Waals surface area contributed by atoms with Crippen molar-refractivity contribution in [1.82, 2.24) is 18.7 Å². The van der Waals surface area contributed by atoms with E-state index < -0.39 is 15.8 Å². The molecule has 2 aliphatic heterocycles. The molecule has 3 fully saturated rings. The van der Waals surface area contributed by atoms with E-state index in [0.717, 1.165) is 26.2 Å². The largest absolute Gasteiger partial charge is 0.419 e. The molecule has 0 spiro atoms. The SMILES string of the molecule is Cn1c(=O)oc2cc(S(=O)(=O)N3CCCC(C(=O)N4CCN(C5CCCCC5)CC4)C3)ccc21. The molecule has 186 valence electrons. The number of aryl methyl sites for hydroxylation is 1. The fourth-order valence-corrected chi connectivity index (χ4v) is 7.34. The van der Waals surface area contributed by atoms with Gasteiger partial charge in [-0.05, 0) is 37.8 Å². The summed E-state index contributed by atoms with van der Waals surface area (Å²) in [6.07, 6.45) is 7.84. The Kier molecular flexibility index (Phi) is 6.56. The molecule has 1 amide bonds. The van der Waals surface area contributed by atoms with Crippen LogP contribution in [0.2, 0.25) is 0 Å². The Morgan fingerprint density at radius 1 is 0.971 bits per heavy atom. The summed E-state index contributed by atoms with van der Waals surface area (Å²) in [5.74, 6) is -0.771. The number of fused-ring (bicyclic) bond motifs is 1. The number of sulfonamides is 1. The summed E-state index contributed by atoms with van der Waals surface area (Å²) >= 11 is 0. The number of oxazole rings is 1. The fourth-order valence-electron chi connectivity index (χ4n) is 5.80. The quantitative estimate of drug-likeness (QED) is 0.651. The molecule has 1 unspecified atom stereocenters. The van der Waals surface area contributed by atoms with Gasteiger partial charge in [-0.3, -0.25) is 14.3 Å². The molecule has 9 nitrogen and oxygen atoms in total. The van der Waals surface area contributed by atoms with Gasteiger partial charge in [-0.2, -0.15) is 4.31 Å². The highest BCUT2D eigenvalue weighted by Gasteiger charge is 2.36. The number of rotatable bonds is 4. The van der Waals surface area contributed by atoms with Crippen molar-refractivity contribution in [2.45, 2.75) is 55.9 Å². The monoisotopic (exact) mass is 490 g/mol. The second-order valence-corrected chi connectivity index (χ2v) is 11.8. The van der Waals surface area contributed by atoms with Gasteiger partial charge in [-0.15, -0.1) is 0 Å². The minimum atomic E-state index is -3.79. The Bertz CT molecular complexity index is 1210. The van der Waals surface area contributed by atoms with Crippen LogP contribution in [0, 0.1) is 5.92 Å². The fraction of sp³-hybridized carbons (Fsp3) is 0.667. The standard InChI is InChI=1S/C24H34N4O5S/c1-25-21-10-9-20(16-22(21)33-24(25)30)34(31,32)28-11-5-6-18(17-28)23(29)27-14-12-26(13-15-27)19-7-3-2-4-8-19/h9-10,16,18-19H,2-8,11-15,17H2,1H3. The predicted molar refractivity (Wildman–Crippen MR) is 128 cm³/mol. The smallest absolute Gasteiger partial charge is 0.408 e. The van der Waals surface area contributed by atoms with Gasteiger partial charge >= 0.3 is 5.76 Å². The van der Waals surface area contributed by atoms with E-state index >= 15 is 0 Å². The van der Waals surface area contributed by atoms with E-state index in [1.165, 1.54) is 53.1 Å². The Balaban J connectivity index is 1.24. The molecule has 1 atom stereocenters. The number of aromatic nitrogens is 1. The van der Waals surface area contributed by atoms with Crippen LogP contribution in [0.1, 0.15) is 44.9 Å². The number of benzene rings is 1. The average Bonchev–Trinajstić information content (AvgIpc) is 3.17. The van der Waals surface area contributed by atoms with Crippen LogP contribution in [0.3, 0.4) is 0 Å². The summed E-state index contributed by atoms with van der Waals surface area (Å²) in [7, 11) is -2.21. The molecular formula is C24H34N4O5S. The van der Waals surface area contributed by atoms with Gasteiger partial charge in [0.2, 0.25) is 15.9 Å². The van der Waals surface area contributed by atoms with Crippen LogP contribution >= 0.6 is 0 Å². The summed E-state index contributed by atoms with van der Waals surface area (Å²) in [6, 6.07) is 5.16. The maximum absolute atomic E-state index is 13.4.